The molecular weight excluding hydrogens is 252 g/mol. The molecule has 116 valence electrons. The number of hydrogen-bond acceptors (Lipinski definition) is 3. The van der Waals surface area contributed by atoms with Gasteiger partial charge < -0.3 is 10.1 Å². The van der Waals surface area contributed by atoms with Crippen molar-refractivity contribution in [3.63, 3.8) is 0 Å². The van der Waals surface area contributed by atoms with Gasteiger partial charge in [0.05, 0.1) is 0 Å². The van der Waals surface area contributed by atoms with Crippen LogP contribution in [0.3, 0.4) is 0 Å². The molecule has 4 atom stereocenters. The molecule has 2 fully saturated rings. The molecule has 5 heteroatoms. The predicted octanol–water partition coefficient (Wildman–Crippen LogP) is 1.65. The Morgan fingerprint density at radius 2 is 2.25 bits per heavy atom. The van der Waals surface area contributed by atoms with Crippen LogP contribution in [0.1, 0.15) is 46.0 Å². The highest BCUT2D eigenvalue weighted by Crippen LogP contribution is 2.49. The Morgan fingerprint density at radius 1 is 1.40 bits per heavy atom. The molecule has 4 N–H and O–H groups in total. The maximum Gasteiger partial charge on any atom is 0.205 e. The Balaban J connectivity index is 1.73. The van der Waals surface area contributed by atoms with Crippen molar-refractivity contribution >= 4 is 5.96 Å². The van der Waals surface area contributed by atoms with Crippen molar-refractivity contribution in [1.82, 2.24) is 10.7 Å². The van der Waals surface area contributed by atoms with Gasteiger partial charge in [0.1, 0.15) is 0 Å². The highest BCUT2D eigenvalue weighted by atomic mass is 16.5. The Bertz CT molecular complexity index is 321. The third kappa shape index (κ3) is 4.09. The van der Waals surface area contributed by atoms with E-state index in [0.29, 0.717) is 6.04 Å². The standard InChI is InChI=1S/C15H30N4O/c1-3-20-8-4-7-17-15(19-16)18-11(2)14-10-12-5-6-13(14)9-12/h11-14H,3-10,16H2,1-2H3,(H2,17,18,19). The van der Waals surface area contributed by atoms with Crippen molar-refractivity contribution < 1.29 is 4.74 Å². The molecule has 0 radical (unpaired) electrons. The van der Waals surface area contributed by atoms with Gasteiger partial charge >= 0.3 is 0 Å². The number of nitrogens with two attached hydrogens (primary N) is 1. The van der Waals surface area contributed by atoms with E-state index in [2.05, 4.69) is 22.7 Å². The Labute approximate surface area is 122 Å². The highest BCUT2D eigenvalue weighted by Gasteiger charge is 2.41. The van der Waals surface area contributed by atoms with Gasteiger partial charge in [-0.25, -0.2) is 5.84 Å². The molecule has 2 bridgehead atoms. The number of hydrogen-bond donors (Lipinski definition) is 3. The van der Waals surface area contributed by atoms with Gasteiger partial charge in [-0.05, 0) is 57.3 Å². The van der Waals surface area contributed by atoms with Gasteiger partial charge in [-0.3, -0.25) is 10.4 Å². The van der Waals surface area contributed by atoms with Gasteiger partial charge in [0.15, 0.2) is 0 Å². The quantitative estimate of drug-likeness (QED) is 0.218. The number of aliphatic imine (C=N–C) groups is 1. The molecule has 0 amide bonds. The van der Waals surface area contributed by atoms with Gasteiger partial charge in [-0.1, -0.05) is 6.42 Å². The molecule has 2 rings (SSSR count). The second-order valence-electron chi connectivity index (χ2n) is 6.20. The molecular formula is C15H30N4O. The van der Waals surface area contributed by atoms with Crippen LogP contribution in [0, 0.1) is 17.8 Å². The van der Waals surface area contributed by atoms with Gasteiger partial charge in [0.25, 0.3) is 0 Å². The minimum absolute atomic E-state index is 0.451. The van der Waals surface area contributed by atoms with Gasteiger partial charge in [-0.2, -0.15) is 0 Å². The van der Waals surface area contributed by atoms with E-state index >= 15 is 0 Å². The minimum Gasteiger partial charge on any atom is -0.382 e. The summed E-state index contributed by atoms with van der Waals surface area (Å²) in [5.41, 5.74) is 2.69. The molecule has 0 aliphatic heterocycles. The third-order valence-electron chi connectivity index (χ3n) is 4.86. The number of hydrazine groups is 1. The molecule has 0 spiro atoms. The van der Waals surface area contributed by atoms with E-state index in [9.17, 15) is 0 Å². The zero-order valence-electron chi connectivity index (χ0n) is 12.9. The summed E-state index contributed by atoms with van der Waals surface area (Å²) in [5.74, 6) is 8.96. The average molecular weight is 282 g/mol. The molecule has 0 aromatic heterocycles. The van der Waals surface area contributed by atoms with Crippen LogP contribution in [0.2, 0.25) is 0 Å². The summed E-state index contributed by atoms with van der Waals surface area (Å²) >= 11 is 0. The lowest BCUT2D eigenvalue weighted by molar-refractivity contribution is 0.146. The number of nitrogens with one attached hydrogen (secondary N) is 2. The van der Waals surface area contributed by atoms with E-state index in [1.807, 2.05) is 6.92 Å². The zero-order chi connectivity index (χ0) is 14.4. The Kier molecular flexibility index (Phi) is 6.10. The monoisotopic (exact) mass is 282 g/mol. The van der Waals surface area contributed by atoms with E-state index in [0.717, 1.165) is 49.9 Å². The van der Waals surface area contributed by atoms with E-state index < -0.39 is 0 Å². The first-order valence-corrected chi connectivity index (χ1v) is 8.10. The smallest absolute Gasteiger partial charge is 0.205 e. The van der Waals surface area contributed by atoms with Crippen molar-refractivity contribution in [1.29, 1.82) is 0 Å². The van der Waals surface area contributed by atoms with Crippen molar-refractivity contribution in [3.8, 4) is 0 Å². The van der Waals surface area contributed by atoms with Crippen LogP contribution in [0.5, 0.6) is 0 Å². The van der Waals surface area contributed by atoms with Gasteiger partial charge in [0.2, 0.25) is 5.96 Å². The van der Waals surface area contributed by atoms with E-state index in [4.69, 9.17) is 10.6 Å². The normalized spacial score (nSPS) is 30.6. The van der Waals surface area contributed by atoms with Crippen LogP contribution >= 0.6 is 0 Å². The second-order valence-corrected chi connectivity index (χ2v) is 6.20. The number of fused-ring (bicyclic) bond motifs is 2. The molecule has 0 heterocycles. The van der Waals surface area contributed by atoms with E-state index in [1.54, 1.807) is 0 Å². The SMILES string of the molecule is CCOCCCN=C(NN)NC(C)C1CC2CCC1C2. The molecule has 2 aliphatic carbocycles. The lowest BCUT2D eigenvalue weighted by Crippen LogP contribution is -2.48. The molecule has 0 aromatic carbocycles. The lowest BCUT2D eigenvalue weighted by Gasteiger charge is -2.29. The molecule has 20 heavy (non-hydrogen) atoms. The van der Waals surface area contributed by atoms with Crippen LogP contribution in [0.25, 0.3) is 0 Å². The van der Waals surface area contributed by atoms with Crippen LogP contribution in [0.4, 0.5) is 0 Å². The molecule has 0 aromatic rings. The topological polar surface area (TPSA) is 71.7 Å². The Morgan fingerprint density at radius 3 is 2.85 bits per heavy atom. The largest absolute Gasteiger partial charge is 0.382 e. The summed E-state index contributed by atoms with van der Waals surface area (Å²) in [5, 5.41) is 3.46. The first kappa shape index (κ1) is 15.6. The van der Waals surface area contributed by atoms with Crippen LogP contribution in [-0.4, -0.2) is 31.8 Å². The van der Waals surface area contributed by atoms with Gasteiger partial charge in [0, 0.05) is 25.8 Å². The summed E-state index contributed by atoms with van der Waals surface area (Å²) in [6.45, 7) is 6.55. The summed E-state index contributed by atoms with van der Waals surface area (Å²) in [7, 11) is 0. The van der Waals surface area contributed by atoms with Gasteiger partial charge in [-0.15, -0.1) is 0 Å². The van der Waals surface area contributed by atoms with Crippen LogP contribution in [-0.2, 0) is 4.74 Å². The molecule has 0 saturated heterocycles. The third-order valence-corrected chi connectivity index (χ3v) is 4.86. The summed E-state index contributed by atoms with van der Waals surface area (Å²) in [6.07, 6.45) is 6.61. The first-order chi connectivity index (χ1) is 9.74. The van der Waals surface area contributed by atoms with E-state index in [1.165, 1.54) is 25.7 Å². The summed E-state index contributed by atoms with van der Waals surface area (Å²) in [6, 6.07) is 0.451. The lowest BCUT2D eigenvalue weighted by atomic mass is 9.84. The van der Waals surface area contributed by atoms with E-state index in [-0.39, 0.29) is 0 Å². The average Bonchev–Trinajstić information content (AvgIpc) is 3.08. The number of rotatable bonds is 7. The van der Waals surface area contributed by atoms with Crippen molar-refractivity contribution in [2.45, 2.75) is 52.0 Å². The Hall–Kier alpha value is -0.810. The number of ether oxygens (including phenoxy) is 1. The van der Waals surface area contributed by atoms with Crippen LogP contribution < -0.4 is 16.6 Å². The summed E-state index contributed by atoms with van der Waals surface area (Å²) in [4.78, 5) is 4.48. The summed E-state index contributed by atoms with van der Waals surface area (Å²) < 4.78 is 5.30. The van der Waals surface area contributed by atoms with Crippen molar-refractivity contribution in [2.24, 2.45) is 28.6 Å². The molecule has 2 saturated carbocycles. The molecule has 2 aliphatic rings. The zero-order valence-corrected chi connectivity index (χ0v) is 12.9. The first-order valence-electron chi connectivity index (χ1n) is 8.10. The number of guanidine groups is 1. The minimum atomic E-state index is 0.451. The maximum atomic E-state index is 5.56. The van der Waals surface area contributed by atoms with Crippen molar-refractivity contribution in [3.05, 3.63) is 0 Å². The van der Waals surface area contributed by atoms with Crippen molar-refractivity contribution in [2.75, 3.05) is 19.8 Å². The fourth-order valence-electron chi connectivity index (χ4n) is 3.86. The second kappa shape index (κ2) is 7.84. The molecule has 4 unspecified atom stereocenters. The molecule has 5 nitrogen and oxygen atoms in total. The fourth-order valence-corrected chi connectivity index (χ4v) is 3.86. The fraction of sp³-hybridized carbons (Fsp3) is 0.933. The maximum absolute atomic E-state index is 5.56. The number of nitrogens with zero attached hydrogens (tertiary/aromatic N) is 1. The predicted molar refractivity (Wildman–Crippen MR) is 82.3 cm³/mol. The van der Waals surface area contributed by atoms with Crippen LogP contribution in [0.15, 0.2) is 4.99 Å². The highest BCUT2D eigenvalue weighted by molar-refractivity contribution is 5.79.